The van der Waals surface area contributed by atoms with Crippen LogP contribution in [0.4, 0.5) is 5.69 Å². The fraction of sp³-hybridized carbons (Fsp3) is 0.500. The Morgan fingerprint density at radius 1 is 1.47 bits per heavy atom. The highest BCUT2D eigenvalue weighted by Crippen LogP contribution is 2.30. The smallest absolute Gasteiger partial charge is 0.0331 e. The molecule has 0 bridgehead atoms. The summed E-state index contributed by atoms with van der Waals surface area (Å²) in [5, 5.41) is 0. The lowest BCUT2D eigenvalue weighted by Crippen LogP contribution is -1.97. The van der Waals surface area contributed by atoms with E-state index in [9.17, 15) is 0 Å². The molecule has 0 spiro atoms. The van der Waals surface area contributed by atoms with Gasteiger partial charge in [0.2, 0.25) is 0 Å². The molecule has 3 heteroatoms. The van der Waals surface area contributed by atoms with Gasteiger partial charge in [0.05, 0.1) is 0 Å². The van der Waals surface area contributed by atoms with Gasteiger partial charge < -0.3 is 5.73 Å². The fourth-order valence-electron chi connectivity index (χ4n) is 1.44. The highest BCUT2D eigenvalue weighted by Gasteiger charge is 2.05. The van der Waals surface area contributed by atoms with Crippen LogP contribution in [0.3, 0.4) is 0 Å². The normalized spacial score (nSPS) is 12.7. The lowest BCUT2D eigenvalue weighted by molar-refractivity contribution is 0.585. The Morgan fingerprint density at radius 2 is 2.20 bits per heavy atom. The summed E-state index contributed by atoms with van der Waals surface area (Å²) in [4.78, 5) is 1.28. The van der Waals surface area contributed by atoms with Crippen LogP contribution in [0.5, 0.6) is 0 Å². The van der Waals surface area contributed by atoms with E-state index in [2.05, 4.69) is 35.8 Å². The van der Waals surface area contributed by atoms with E-state index in [1.165, 1.54) is 23.5 Å². The highest BCUT2D eigenvalue weighted by molar-refractivity contribution is 9.10. The summed E-state index contributed by atoms with van der Waals surface area (Å²) >= 11 is 5.44. The molecule has 0 saturated heterocycles. The third kappa shape index (κ3) is 4.47. The number of nitrogens with two attached hydrogens (primary N) is 1. The molecule has 1 unspecified atom stereocenters. The average molecular weight is 288 g/mol. The van der Waals surface area contributed by atoms with Crippen LogP contribution in [0.1, 0.15) is 26.7 Å². The molecule has 84 valence electrons. The lowest BCUT2D eigenvalue weighted by atomic mass is 10.1. The summed E-state index contributed by atoms with van der Waals surface area (Å²) < 4.78 is 1.11. The molecule has 1 rings (SSSR count). The molecule has 0 aliphatic carbocycles. The number of thioether (sulfide) groups is 1. The quantitative estimate of drug-likeness (QED) is 0.635. The maximum absolute atomic E-state index is 5.69. The number of halogens is 1. The molecule has 0 aliphatic heterocycles. The minimum Gasteiger partial charge on any atom is -0.399 e. The van der Waals surface area contributed by atoms with Crippen LogP contribution in [0.25, 0.3) is 0 Å². The summed E-state index contributed by atoms with van der Waals surface area (Å²) in [6.45, 7) is 4.54. The summed E-state index contributed by atoms with van der Waals surface area (Å²) in [6, 6.07) is 6.01. The van der Waals surface area contributed by atoms with Crippen molar-refractivity contribution < 1.29 is 0 Å². The monoisotopic (exact) mass is 287 g/mol. The van der Waals surface area contributed by atoms with E-state index in [4.69, 9.17) is 5.73 Å². The molecule has 1 atom stereocenters. The molecule has 2 N–H and O–H groups in total. The first-order valence-corrected chi connectivity index (χ1v) is 7.09. The third-order valence-electron chi connectivity index (χ3n) is 2.26. The molecule has 1 aromatic rings. The van der Waals surface area contributed by atoms with Crippen molar-refractivity contribution >= 4 is 33.4 Å². The van der Waals surface area contributed by atoms with E-state index >= 15 is 0 Å². The van der Waals surface area contributed by atoms with Crippen molar-refractivity contribution in [2.75, 3.05) is 11.5 Å². The topological polar surface area (TPSA) is 26.0 Å². The van der Waals surface area contributed by atoms with Gasteiger partial charge in [-0.15, -0.1) is 11.8 Å². The first-order valence-electron chi connectivity index (χ1n) is 5.31. The molecule has 0 fully saturated rings. The van der Waals surface area contributed by atoms with Crippen molar-refractivity contribution in [3.63, 3.8) is 0 Å². The van der Waals surface area contributed by atoms with Gasteiger partial charge in [-0.1, -0.05) is 26.7 Å². The Labute approximate surface area is 105 Å². The van der Waals surface area contributed by atoms with Gasteiger partial charge in [0.1, 0.15) is 0 Å². The zero-order chi connectivity index (χ0) is 11.3. The van der Waals surface area contributed by atoms with E-state index < -0.39 is 0 Å². The van der Waals surface area contributed by atoms with E-state index in [0.717, 1.165) is 16.1 Å². The molecule has 1 aromatic carbocycles. The standard InChI is InChI=1S/C12H18BrNS/c1-3-4-9(2)8-15-12-6-5-10(14)7-11(12)13/h5-7,9H,3-4,8,14H2,1-2H3. The van der Waals surface area contributed by atoms with Gasteiger partial charge in [-0.05, 0) is 40.0 Å². The van der Waals surface area contributed by atoms with Crippen molar-refractivity contribution in [2.24, 2.45) is 5.92 Å². The molecule has 0 heterocycles. The van der Waals surface area contributed by atoms with Gasteiger partial charge in [-0.3, -0.25) is 0 Å². The number of benzene rings is 1. The summed E-state index contributed by atoms with van der Waals surface area (Å²) in [7, 11) is 0. The first-order chi connectivity index (χ1) is 7.13. The van der Waals surface area contributed by atoms with Gasteiger partial charge in [0, 0.05) is 20.8 Å². The third-order valence-corrected chi connectivity index (χ3v) is 4.58. The zero-order valence-electron chi connectivity index (χ0n) is 9.29. The van der Waals surface area contributed by atoms with Crippen LogP contribution in [0.2, 0.25) is 0 Å². The Balaban J connectivity index is 2.50. The number of rotatable bonds is 5. The van der Waals surface area contributed by atoms with E-state index in [1.54, 1.807) is 0 Å². The van der Waals surface area contributed by atoms with Crippen molar-refractivity contribution in [3.8, 4) is 0 Å². The summed E-state index contributed by atoms with van der Waals surface area (Å²) in [5.41, 5.74) is 6.50. The average Bonchev–Trinajstić information content (AvgIpc) is 2.17. The summed E-state index contributed by atoms with van der Waals surface area (Å²) in [5.74, 6) is 1.96. The number of nitrogen functional groups attached to an aromatic ring is 1. The van der Waals surface area contributed by atoms with Gasteiger partial charge in [0.25, 0.3) is 0 Å². The Bertz CT molecular complexity index is 314. The second-order valence-corrected chi connectivity index (χ2v) is 5.81. The Kier molecular flexibility index (Phi) is 5.54. The predicted molar refractivity (Wildman–Crippen MR) is 73.4 cm³/mol. The second-order valence-electron chi connectivity index (χ2n) is 3.89. The van der Waals surface area contributed by atoms with Crippen molar-refractivity contribution in [1.29, 1.82) is 0 Å². The molecule has 0 aromatic heterocycles. The van der Waals surface area contributed by atoms with E-state index in [-0.39, 0.29) is 0 Å². The molecule has 0 radical (unpaired) electrons. The van der Waals surface area contributed by atoms with Crippen LogP contribution in [0.15, 0.2) is 27.6 Å². The molecule has 1 nitrogen and oxygen atoms in total. The van der Waals surface area contributed by atoms with Gasteiger partial charge in [0.15, 0.2) is 0 Å². The molecule has 0 aliphatic rings. The van der Waals surface area contributed by atoms with Crippen LogP contribution in [-0.2, 0) is 0 Å². The highest BCUT2D eigenvalue weighted by atomic mass is 79.9. The molecule has 15 heavy (non-hydrogen) atoms. The maximum Gasteiger partial charge on any atom is 0.0331 e. The molecular formula is C12H18BrNS. The zero-order valence-corrected chi connectivity index (χ0v) is 11.7. The second kappa shape index (κ2) is 6.44. The Morgan fingerprint density at radius 3 is 2.80 bits per heavy atom. The number of hydrogen-bond acceptors (Lipinski definition) is 2. The van der Waals surface area contributed by atoms with Crippen LogP contribution in [-0.4, -0.2) is 5.75 Å². The fourth-order valence-corrected chi connectivity index (χ4v) is 3.17. The van der Waals surface area contributed by atoms with Gasteiger partial charge >= 0.3 is 0 Å². The van der Waals surface area contributed by atoms with E-state index in [1.807, 2.05) is 23.9 Å². The number of hydrogen-bond donors (Lipinski definition) is 1. The van der Waals surface area contributed by atoms with Crippen LogP contribution >= 0.6 is 27.7 Å². The lowest BCUT2D eigenvalue weighted by Gasteiger charge is -2.10. The maximum atomic E-state index is 5.69. The number of anilines is 1. The molecule has 0 saturated carbocycles. The van der Waals surface area contributed by atoms with Gasteiger partial charge in [-0.2, -0.15) is 0 Å². The first kappa shape index (κ1) is 12.9. The van der Waals surface area contributed by atoms with E-state index in [0.29, 0.717) is 0 Å². The molecular weight excluding hydrogens is 270 g/mol. The predicted octanol–water partition coefficient (Wildman–Crippen LogP) is 4.56. The minimum absolute atomic E-state index is 0.782. The van der Waals surface area contributed by atoms with Crippen molar-refractivity contribution in [3.05, 3.63) is 22.7 Å². The van der Waals surface area contributed by atoms with Gasteiger partial charge in [-0.25, -0.2) is 0 Å². The SMILES string of the molecule is CCCC(C)CSc1ccc(N)cc1Br. The Hall–Kier alpha value is -0.150. The van der Waals surface area contributed by atoms with Crippen LogP contribution < -0.4 is 5.73 Å². The van der Waals surface area contributed by atoms with Crippen molar-refractivity contribution in [1.82, 2.24) is 0 Å². The largest absolute Gasteiger partial charge is 0.399 e. The van der Waals surface area contributed by atoms with Crippen LogP contribution in [0, 0.1) is 5.92 Å². The minimum atomic E-state index is 0.782. The summed E-state index contributed by atoms with van der Waals surface area (Å²) in [6.07, 6.45) is 2.57. The van der Waals surface area contributed by atoms with Crippen molar-refractivity contribution in [2.45, 2.75) is 31.6 Å². The molecule has 0 amide bonds.